The van der Waals surface area contributed by atoms with Gasteiger partial charge in [0.25, 0.3) is 0 Å². The molecule has 0 spiro atoms. The number of carbonyl (C=O) groups is 1. The summed E-state index contributed by atoms with van der Waals surface area (Å²) in [5.74, 6) is -0.249. The van der Waals surface area contributed by atoms with Gasteiger partial charge < -0.3 is 15.0 Å². The Bertz CT molecular complexity index is 1290. The third-order valence-corrected chi connectivity index (χ3v) is 7.70. The molecule has 9 heteroatoms. The SMILES string of the molecule is CN(C(=O)Nc1ccc(-c2ccc(OCc3ccccc3)c(F)c2)cc1)C1CCN(S(C)(=O)=O)CC1. The molecule has 190 valence electrons. The number of halogens is 1. The third kappa shape index (κ3) is 6.41. The molecule has 1 aliphatic heterocycles. The molecule has 3 aromatic rings. The molecular weight excluding hydrogens is 481 g/mol. The van der Waals surface area contributed by atoms with Gasteiger partial charge in [0.1, 0.15) is 6.61 Å². The number of hydrogen-bond donors (Lipinski definition) is 1. The lowest BCUT2D eigenvalue weighted by Crippen LogP contribution is -2.48. The van der Waals surface area contributed by atoms with Crippen LogP contribution in [0.15, 0.2) is 72.8 Å². The number of nitrogens with one attached hydrogen (secondary N) is 1. The molecule has 1 fully saturated rings. The van der Waals surface area contributed by atoms with Crippen molar-refractivity contribution in [2.45, 2.75) is 25.5 Å². The van der Waals surface area contributed by atoms with E-state index in [-0.39, 0.29) is 24.4 Å². The van der Waals surface area contributed by atoms with Gasteiger partial charge in [0.2, 0.25) is 10.0 Å². The van der Waals surface area contributed by atoms with Gasteiger partial charge in [-0.05, 0) is 53.8 Å². The van der Waals surface area contributed by atoms with Gasteiger partial charge in [-0.15, -0.1) is 0 Å². The fraction of sp³-hybridized carbons (Fsp3) is 0.296. The second-order valence-electron chi connectivity index (χ2n) is 8.93. The molecule has 1 aliphatic rings. The zero-order valence-electron chi connectivity index (χ0n) is 20.4. The van der Waals surface area contributed by atoms with Crippen molar-refractivity contribution in [1.29, 1.82) is 0 Å². The first-order valence-corrected chi connectivity index (χ1v) is 13.6. The maximum atomic E-state index is 14.6. The van der Waals surface area contributed by atoms with Crippen LogP contribution in [0.3, 0.4) is 0 Å². The van der Waals surface area contributed by atoms with Crippen molar-refractivity contribution >= 4 is 21.7 Å². The summed E-state index contributed by atoms with van der Waals surface area (Å²) < 4.78 is 45.1. The number of carbonyl (C=O) groups excluding carboxylic acids is 1. The van der Waals surface area contributed by atoms with Crippen LogP contribution in [0.1, 0.15) is 18.4 Å². The second-order valence-corrected chi connectivity index (χ2v) is 10.9. The zero-order chi connectivity index (χ0) is 25.7. The lowest BCUT2D eigenvalue weighted by atomic mass is 10.0. The number of sulfonamides is 1. The highest BCUT2D eigenvalue weighted by molar-refractivity contribution is 7.88. The van der Waals surface area contributed by atoms with Crippen molar-refractivity contribution in [2.24, 2.45) is 0 Å². The smallest absolute Gasteiger partial charge is 0.321 e. The van der Waals surface area contributed by atoms with Gasteiger partial charge >= 0.3 is 6.03 Å². The Morgan fingerprint density at radius 2 is 1.67 bits per heavy atom. The highest BCUT2D eigenvalue weighted by Gasteiger charge is 2.29. The van der Waals surface area contributed by atoms with E-state index in [9.17, 15) is 17.6 Å². The summed E-state index contributed by atoms with van der Waals surface area (Å²) in [5.41, 5.74) is 3.09. The van der Waals surface area contributed by atoms with Crippen LogP contribution in [-0.2, 0) is 16.6 Å². The first-order valence-electron chi connectivity index (χ1n) is 11.8. The molecule has 4 rings (SSSR count). The number of rotatable bonds is 7. The Kier molecular flexibility index (Phi) is 7.91. The standard InChI is InChI=1S/C27H30FN3O4S/c1-30(24-14-16-31(17-15-24)36(2,33)34)27(32)29-23-11-8-21(9-12-23)22-10-13-26(25(28)18-22)35-19-20-6-4-3-5-7-20/h3-13,18,24H,14-17,19H2,1-2H3,(H,29,32). The number of ether oxygens (including phenoxy) is 1. The highest BCUT2D eigenvalue weighted by atomic mass is 32.2. The number of piperidine rings is 1. The fourth-order valence-electron chi connectivity index (χ4n) is 4.22. The van der Waals surface area contributed by atoms with Crippen LogP contribution in [0, 0.1) is 5.82 Å². The predicted molar refractivity (Wildman–Crippen MR) is 139 cm³/mol. The van der Waals surface area contributed by atoms with Crippen LogP contribution in [0.5, 0.6) is 5.75 Å². The molecule has 0 saturated carbocycles. The summed E-state index contributed by atoms with van der Waals surface area (Å²) >= 11 is 0. The van der Waals surface area contributed by atoms with E-state index in [4.69, 9.17) is 4.74 Å². The summed E-state index contributed by atoms with van der Waals surface area (Å²) in [4.78, 5) is 14.3. The van der Waals surface area contributed by atoms with Gasteiger partial charge in [-0.3, -0.25) is 0 Å². The van der Waals surface area contributed by atoms with Crippen LogP contribution >= 0.6 is 0 Å². The minimum atomic E-state index is -3.21. The van der Waals surface area contributed by atoms with Gasteiger partial charge in [0, 0.05) is 31.9 Å². The van der Waals surface area contributed by atoms with Gasteiger partial charge in [-0.25, -0.2) is 21.9 Å². The molecule has 0 radical (unpaired) electrons. The van der Waals surface area contributed by atoms with Crippen LogP contribution in [0.25, 0.3) is 11.1 Å². The monoisotopic (exact) mass is 511 g/mol. The predicted octanol–water partition coefficient (Wildman–Crippen LogP) is 4.96. The topological polar surface area (TPSA) is 79.0 Å². The maximum Gasteiger partial charge on any atom is 0.321 e. The Morgan fingerprint density at radius 3 is 2.28 bits per heavy atom. The third-order valence-electron chi connectivity index (χ3n) is 6.40. The number of hydrogen-bond acceptors (Lipinski definition) is 4. The molecule has 0 aromatic heterocycles. The van der Waals surface area contributed by atoms with Crippen molar-refractivity contribution < 1.29 is 22.3 Å². The molecule has 1 heterocycles. The molecule has 0 bridgehead atoms. The van der Waals surface area contributed by atoms with Crippen molar-refractivity contribution in [1.82, 2.24) is 9.21 Å². The lowest BCUT2D eigenvalue weighted by molar-refractivity contribution is 0.174. The second kappa shape index (κ2) is 11.1. The van der Waals surface area contributed by atoms with E-state index in [2.05, 4.69) is 5.32 Å². The van der Waals surface area contributed by atoms with Gasteiger partial charge in [-0.2, -0.15) is 0 Å². The molecular formula is C27H30FN3O4S. The number of amides is 2. The summed E-state index contributed by atoms with van der Waals surface area (Å²) in [6.45, 7) is 1.10. The van der Waals surface area contributed by atoms with E-state index in [1.54, 1.807) is 36.2 Å². The van der Waals surface area contributed by atoms with Crippen molar-refractivity contribution in [3.63, 3.8) is 0 Å². The quantitative estimate of drug-likeness (QED) is 0.486. The fourth-order valence-corrected chi connectivity index (χ4v) is 5.09. The number of nitrogens with zero attached hydrogens (tertiary/aromatic N) is 2. The van der Waals surface area contributed by atoms with Crippen LogP contribution in [0.4, 0.5) is 14.9 Å². The van der Waals surface area contributed by atoms with Gasteiger partial charge in [0.05, 0.1) is 6.26 Å². The Balaban J connectivity index is 1.33. The summed E-state index contributed by atoms with van der Waals surface area (Å²) in [5, 5.41) is 2.87. The molecule has 1 saturated heterocycles. The van der Waals surface area contributed by atoms with Crippen molar-refractivity contribution in [2.75, 3.05) is 31.7 Å². The molecule has 1 N–H and O–H groups in total. The average Bonchev–Trinajstić information content (AvgIpc) is 2.88. The average molecular weight is 512 g/mol. The van der Waals surface area contributed by atoms with E-state index in [0.29, 0.717) is 37.2 Å². The Hall–Kier alpha value is -3.43. The largest absolute Gasteiger partial charge is 0.486 e. The molecule has 2 amide bonds. The normalized spacial score (nSPS) is 14.9. The van der Waals surface area contributed by atoms with E-state index in [0.717, 1.165) is 11.1 Å². The van der Waals surface area contributed by atoms with Crippen LogP contribution < -0.4 is 10.1 Å². The van der Waals surface area contributed by atoms with Crippen molar-refractivity contribution in [3.05, 3.63) is 84.2 Å². The first-order chi connectivity index (χ1) is 17.2. The number of benzene rings is 3. The van der Waals surface area contributed by atoms with E-state index >= 15 is 0 Å². The van der Waals surface area contributed by atoms with E-state index in [1.807, 2.05) is 42.5 Å². The highest BCUT2D eigenvalue weighted by Crippen LogP contribution is 2.27. The summed E-state index contributed by atoms with van der Waals surface area (Å²) in [6, 6.07) is 21.3. The summed E-state index contributed by atoms with van der Waals surface area (Å²) in [7, 11) is -1.49. The number of urea groups is 1. The lowest BCUT2D eigenvalue weighted by Gasteiger charge is -2.35. The maximum absolute atomic E-state index is 14.6. The van der Waals surface area contributed by atoms with Crippen LogP contribution in [0.2, 0.25) is 0 Å². The van der Waals surface area contributed by atoms with Crippen molar-refractivity contribution in [3.8, 4) is 16.9 Å². The summed E-state index contributed by atoms with van der Waals surface area (Å²) in [6.07, 6.45) is 2.38. The van der Waals surface area contributed by atoms with Gasteiger partial charge in [0.15, 0.2) is 11.6 Å². The Morgan fingerprint density at radius 1 is 1.03 bits per heavy atom. The molecule has 0 atom stereocenters. The van der Waals surface area contributed by atoms with E-state index in [1.165, 1.54) is 16.6 Å². The minimum Gasteiger partial charge on any atom is -0.486 e. The van der Waals surface area contributed by atoms with Crippen LogP contribution in [-0.4, -0.2) is 56.1 Å². The molecule has 36 heavy (non-hydrogen) atoms. The van der Waals surface area contributed by atoms with Gasteiger partial charge in [-0.1, -0.05) is 48.5 Å². The van der Waals surface area contributed by atoms with E-state index < -0.39 is 15.8 Å². The molecule has 7 nitrogen and oxygen atoms in total. The Labute approximate surface area is 211 Å². The zero-order valence-corrected chi connectivity index (χ0v) is 21.2. The molecule has 0 unspecified atom stereocenters. The minimum absolute atomic E-state index is 0.0344. The number of anilines is 1. The first kappa shape index (κ1) is 25.7. The molecule has 3 aromatic carbocycles. The molecule has 0 aliphatic carbocycles.